The lowest BCUT2D eigenvalue weighted by Gasteiger charge is -2.28. The molecule has 2 unspecified atom stereocenters. The molecular formula is C23H21IN4O5S. The molecule has 4 rings (SSSR count). The number of amides is 2. The van der Waals surface area contributed by atoms with Crippen LogP contribution in [0.25, 0.3) is 5.70 Å². The summed E-state index contributed by atoms with van der Waals surface area (Å²) in [5.74, 6) is -2.09. The second-order valence-electron chi connectivity index (χ2n) is 7.73. The summed E-state index contributed by atoms with van der Waals surface area (Å²) in [6.45, 7) is 0.195. The fourth-order valence-electron chi connectivity index (χ4n) is 3.93. The Morgan fingerprint density at radius 3 is 2.59 bits per heavy atom. The molecule has 1 aromatic carbocycles. The van der Waals surface area contributed by atoms with Crippen molar-refractivity contribution in [1.82, 2.24) is 15.2 Å². The van der Waals surface area contributed by atoms with E-state index in [0.29, 0.717) is 10.7 Å². The number of carboxylic acid groups (broad SMARTS) is 1. The predicted octanol–water partition coefficient (Wildman–Crippen LogP) is 3.40. The summed E-state index contributed by atoms with van der Waals surface area (Å²) >= 11 is 3.54. The summed E-state index contributed by atoms with van der Waals surface area (Å²) in [4.78, 5) is 41.8. The van der Waals surface area contributed by atoms with Crippen molar-refractivity contribution in [2.24, 2.45) is 5.92 Å². The highest BCUT2D eigenvalue weighted by Crippen LogP contribution is 2.46. The van der Waals surface area contributed by atoms with Crippen LogP contribution in [0.5, 0.6) is 0 Å². The first-order valence-corrected chi connectivity index (χ1v) is 12.3. The Bertz CT molecular complexity index is 1220. The standard InChI is InChI=1S/C23H21IN4O5S/c1-28-16-11-17(29)15(22(32)33)10-14(16)19(24)20(28)12-2-4-13(5-3-12)21(31)25-7-6-18(30)27-23-26-8-9-34-23/h2-5,8-11,14,16,29H,6-7H2,1H3,(H,25,31)(H,32,33)(H,26,27,30). The normalized spacial score (nSPS) is 19.3. The molecule has 2 heterocycles. The number of hydrogen-bond donors (Lipinski definition) is 4. The third-order valence-corrected chi connectivity index (χ3v) is 7.52. The number of anilines is 1. The van der Waals surface area contributed by atoms with E-state index in [1.807, 2.05) is 24.1 Å². The van der Waals surface area contributed by atoms with Gasteiger partial charge in [0.05, 0.1) is 17.3 Å². The van der Waals surface area contributed by atoms with Gasteiger partial charge in [-0.3, -0.25) is 9.59 Å². The van der Waals surface area contributed by atoms with Gasteiger partial charge in [0.1, 0.15) is 5.76 Å². The minimum absolute atomic E-state index is 0.0996. The maximum atomic E-state index is 12.5. The molecule has 0 radical (unpaired) electrons. The van der Waals surface area contributed by atoms with Crippen LogP contribution in [0.4, 0.5) is 5.13 Å². The zero-order valence-corrected chi connectivity index (χ0v) is 21.0. The molecule has 2 amide bonds. The average molecular weight is 592 g/mol. The van der Waals surface area contributed by atoms with Gasteiger partial charge >= 0.3 is 5.97 Å². The van der Waals surface area contributed by atoms with Gasteiger partial charge in [0, 0.05) is 46.7 Å². The van der Waals surface area contributed by atoms with E-state index in [2.05, 4.69) is 38.2 Å². The number of aliphatic hydroxyl groups excluding tert-OH is 1. The van der Waals surface area contributed by atoms with Gasteiger partial charge in [-0.25, -0.2) is 9.78 Å². The van der Waals surface area contributed by atoms with E-state index in [1.165, 1.54) is 11.3 Å². The lowest BCUT2D eigenvalue weighted by molar-refractivity contribution is -0.132. The number of thiazole rings is 1. The van der Waals surface area contributed by atoms with E-state index in [4.69, 9.17) is 0 Å². The van der Waals surface area contributed by atoms with Gasteiger partial charge in [0.15, 0.2) is 5.13 Å². The number of rotatable bonds is 7. The highest BCUT2D eigenvalue weighted by atomic mass is 127. The Kier molecular flexibility index (Phi) is 7.03. The summed E-state index contributed by atoms with van der Waals surface area (Å²) in [5.41, 5.74) is 2.15. The van der Waals surface area contributed by atoms with Crippen LogP contribution in [0.2, 0.25) is 0 Å². The maximum Gasteiger partial charge on any atom is 0.339 e. The van der Waals surface area contributed by atoms with Crippen LogP contribution >= 0.6 is 33.9 Å². The number of nitrogens with one attached hydrogen (secondary N) is 2. The SMILES string of the molecule is CN1C(c2ccc(C(=O)NCCC(=O)Nc3nccs3)cc2)=C(I)C2C=C(C(=O)O)C(O)=CC21. The van der Waals surface area contributed by atoms with Crippen LogP contribution in [-0.2, 0) is 9.59 Å². The molecule has 0 spiro atoms. The van der Waals surface area contributed by atoms with Gasteiger partial charge in [0.25, 0.3) is 5.91 Å². The first-order chi connectivity index (χ1) is 16.3. The molecule has 2 aromatic rings. The van der Waals surface area contributed by atoms with E-state index < -0.39 is 5.97 Å². The largest absolute Gasteiger partial charge is 0.507 e. The smallest absolute Gasteiger partial charge is 0.339 e. The monoisotopic (exact) mass is 592 g/mol. The minimum Gasteiger partial charge on any atom is -0.507 e. The first-order valence-electron chi connectivity index (χ1n) is 10.3. The van der Waals surface area contributed by atoms with E-state index in [0.717, 1.165) is 14.8 Å². The number of likely N-dealkylation sites (N-methyl/N-ethyl adjacent to an activating group) is 1. The quantitative estimate of drug-likeness (QED) is 0.363. The van der Waals surface area contributed by atoms with Crippen molar-refractivity contribution >= 4 is 62.5 Å². The first kappa shape index (κ1) is 24.0. The Labute approximate surface area is 213 Å². The highest BCUT2D eigenvalue weighted by Gasteiger charge is 2.39. The number of fused-ring (bicyclic) bond motifs is 1. The molecule has 1 aliphatic heterocycles. The van der Waals surface area contributed by atoms with Gasteiger partial charge < -0.3 is 25.7 Å². The van der Waals surface area contributed by atoms with Gasteiger partial charge in [0.2, 0.25) is 5.91 Å². The van der Waals surface area contributed by atoms with Crippen LogP contribution in [0.1, 0.15) is 22.3 Å². The zero-order chi connectivity index (χ0) is 24.4. The lowest BCUT2D eigenvalue weighted by atomic mass is 9.91. The number of aliphatic hydroxyl groups is 1. The van der Waals surface area contributed by atoms with Crippen molar-refractivity contribution in [2.45, 2.75) is 12.5 Å². The second kappa shape index (κ2) is 9.97. The highest BCUT2D eigenvalue weighted by molar-refractivity contribution is 14.1. The van der Waals surface area contributed by atoms with Crippen molar-refractivity contribution in [3.63, 3.8) is 0 Å². The van der Waals surface area contributed by atoms with Gasteiger partial charge in [-0.1, -0.05) is 18.2 Å². The zero-order valence-electron chi connectivity index (χ0n) is 18.0. The molecule has 2 aliphatic rings. The van der Waals surface area contributed by atoms with Crippen molar-refractivity contribution < 1.29 is 24.6 Å². The predicted molar refractivity (Wildman–Crippen MR) is 137 cm³/mol. The van der Waals surface area contributed by atoms with Gasteiger partial charge in [-0.05, 0) is 46.4 Å². The Morgan fingerprint density at radius 2 is 1.94 bits per heavy atom. The molecule has 9 nitrogen and oxygen atoms in total. The molecule has 0 bridgehead atoms. The van der Waals surface area contributed by atoms with E-state index in [9.17, 15) is 24.6 Å². The third kappa shape index (κ3) is 4.85. The van der Waals surface area contributed by atoms with Gasteiger partial charge in [-0.2, -0.15) is 0 Å². The summed E-state index contributed by atoms with van der Waals surface area (Å²) in [6, 6.07) is 6.88. The topological polar surface area (TPSA) is 132 Å². The molecule has 11 heteroatoms. The van der Waals surface area contributed by atoms with Crippen molar-refractivity contribution in [3.05, 3.63) is 74.0 Å². The fraction of sp³-hybridized carbons (Fsp3) is 0.217. The Hall–Kier alpha value is -3.19. The number of carbonyl (C=O) groups excluding carboxylic acids is 2. The van der Waals surface area contributed by atoms with Crippen molar-refractivity contribution in [3.8, 4) is 0 Å². The molecule has 2 atom stereocenters. The van der Waals surface area contributed by atoms with Crippen LogP contribution in [-0.4, -0.2) is 57.5 Å². The minimum atomic E-state index is -1.16. The van der Waals surface area contributed by atoms with E-state index in [-0.39, 0.29) is 48.1 Å². The molecular weight excluding hydrogens is 571 g/mol. The summed E-state index contributed by atoms with van der Waals surface area (Å²) in [6.07, 6.45) is 4.88. The number of aliphatic carboxylic acids is 1. The number of carboxylic acids is 1. The fourth-order valence-corrected chi connectivity index (χ4v) is 5.72. The summed E-state index contributed by atoms with van der Waals surface area (Å²) < 4.78 is 0.955. The Morgan fingerprint density at radius 1 is 1.21 bits per heavy atom. The molecule has 1 aliphatic carbocycles. The molecule has 176 valence electrons. The lowest BCUT2D eigenvalue weighted by Crippen LogP contribution is -2.31. The molecule has 34 heavy (non-hydrogen) atoms. The number of hydrogen-bond acceptors (Lipinski definition) is 7. The number of benzene rings is 1. The molecule has 0 fully saturated rings. The van der Waals surface area contributed by atoms with Gasteiger partial charge in [-0.15, -0.1) is 11.3 Å². The maximum absolute atomic E-state index is 12.5. The number of nitrogens with zero attached hydrogens (tertiary/aromatic N) is 2. The van der Waals surface area contributed by atoms with Crippen LogP contribution in [0, 0.1) is 5.92 Å². The Balaban J connectivity index is 1.40. The van der Waals surface area contributed by atoms with Crippen molar-refractivity contribution in [1.29, 1.82) is 0 Å². The summed E-state index contributed by atoms with van der Waals surface area (Å²) in [7, 11) is 1.89. The van der Waals surface area contributed by atoms with E-state index in [1.54, 1.807) is 35.9 Å². The summed E-state index contributed by atoms with van der Waals surface area (Å²) in [5, 5.41) is 27.1. The van der Waals surface area contributed by atoms with Crippen LogP contribution < -0.4 is 10.6 Å². The van der Waals surface area contributed by atoms with Crippen LogP contribution in [0.3, 0.4) is 0 Å². The molecule has 0 saturated heterocycles. The van der Waals surface area contributed by atoms with Crippen molar-refractivity contribution in [2.75, 3.05) is 18.9 Å². The number of carbonyl (C=O) groups is 3. The van der Waals surface area contributed by atoms with E-state index >= 15 is 0 Å². The number of aromatic nitrogens is 1. The molecule has 0 saturated carbocycles. The third-order valence-electron chi connectivity index (χ3n) is 5.60. The second-order valence-corrected chi connectivity index (χ2v) is 9.79. The average Bonchev–Trinajstić information content (AvgIpc) is 3.39. The van der Waals surface area contributed by atoms with Crippen LogP contribution in [0.15, 0.2) is 62.9 Å². The number of halogens is 1. The molecule has 4 N–H and O–H groups in total. The molecule has 1 aromatic heterocycles.